The topological polar surface area (TPSA) is 73.0 Å². The maximum absolute atomic E-state index is 11.7. The van der Waals surface area contributed by atoms with Crippen molar-refractivity contribution in [1.82, 2.24) is 4.98 Å². The van der Waals surface area contributed by atoms with Crippen LogP contribution in [0.5, 0.6) is 0 Å². The van der Waals surface area contributed by atoms with Gasteiger partial charge in [0.15, 0.2) is 9.84 Å². The van der Waals surface area contributed by atoms with Crippen LogP contribution in [0.2, 0.25) is 0 Å². The van der Waals surface area contributed by atoms with Crippen LogP contribution in [0, 0.1) is 0 Å². The molecular formula is C9H10N2O2S2. The molecule has 4 nitrogen and oxygen atoms in total. The molecule has 0 saturated heterocycles. The van der Waals surface area contributed by atoms with Gasteiger partial charge in [-0.3, -0.25) is 0 Å². The number of anilines is 1. The van der Waals surface area contributed by atoms with Crippen molar-refractivity contribution < 1.29 is 8.42 Å². The molecule has 0 unspecified atom stereocenters. The number of hydrogen-bond acceptors (Lipinski definition) is 5. The van der Waals surface area contributed by atoms with Gasteiger partial charge in [0.05, 0.1) is 26.5 Å². The Balaban J connectivity index is 2.79. The summed E-state index contributed by atoms with van der Waals surface area (Å²) in [6.45, 7) is 1.60. The zero-order valence-corrected chi connectivity index (χ0v) is 9.73. The normalized spacial score (nSPS) is 12.1. The number of sulfone groups is 1. The number of nitrogens with zero attached hydrogens (tertiary/aromatic N) is 1. The van der Waals surface area contributed by atoms with Gasteiger partial charge in [0.1, 0.15) is 5.52 Å². The number of aromatic nitrogens is 1. The van der Waals surface area contributed by atoms with E-state index in [9.17, 15) is 8.42 Å². The van der Waals surface area contributed by atoms with E-state index in [2.05, 4.69) is 4.98 Å². The first kappa shape index (κ1) is 10.4. The minimum absolute atomic E-state index is 0.0485. The van der Waals surface area contributed by atoms with Gasteiger partial charge in [0.2, 0.25) is 0 Å². The average Bonchev–Trinajstić information content (AvgIpc) is 2.66. The predicted molar refractivity (Wildman–Crippen MR) is 61.8 cm³/mol. The van der Waals surface area contributed by atoms with Crippen molar-refractivity contribution in [2.45, 2.75) is 11.8 Å². The number of nitrogen functional groups attached to an aromatic ring is 1. The molecule has 0 bridgehead atoms. The highest BCUT2D eigenvalue weighted by Gasteiger charge is 2.17. The monoisotopic (exact) mass is 242 g/mol. The van der Waals surface area contributed by atoms with Crippen LogP contribution in [0.1, 0.15) is 6.92 Å². The molecule has 1 heterocycles. The summed E-state index contributed by atoms with van der Waals surface area (Å²) in [7, 11) is -3.26. The third-order valence-electron chi connectivity index (χ3n) is 2.22. The van der Waals surface area contributed by atoms with E-state index >= 15 is 0 Å². The fourth-order valence-corrected chi connectivity index (χ4v) is 3.07. The standard InChI is InChI=1S/C9H10N2O2S2/c1-2-15(12,13)7-4-3-6-9(8(7)10)11-5-14-6/h3-5H,2,10H2,1H3. The van der Waals surface area contributed by atoms with Crippen LogP contribution in [0.3, 0.4) is 0 Å². The van der Waals surface area contributed by atoms with Gasteiger partial charge in [0.25, 0.3) is 0 Å². The lowest BCUT2D eigenvalue weighted by molar-refractivity contribution is 0.598. The van der Waals surface area contributed by atoms with Gasteiger partial charge < -0.3 is 5.73 Å². The van der Waals surface area contributed by atoms with Crippen LogP contribution >= 0.6 is 11.3 Å². The van der Waals surface area contributed by atoms with E-state index in [-0.39, 0.29) is 16.3 Å². The van der Waals surface area contributed by atoms with Gasteiger partial charge in [-0.2, -0.15) is 0 Å². The van der Waals surface area contributed by atoms with E-state index in [1.165, 1.54) is 11.3 Å². The summed E-state index contributed by atoms with van der Waals surface area (Å²) in [4.78, 5) is 4.24. The van der Waals surface area contributed by atoms with Crippen LogP contribution in [0.25, 0.3) is 10.2 Å². The smallest absolute Gasteiger partial charge is 0.180 e. The van der Waals surface area contributed by atoms with E-state index in [1.54, 1.807) is 24.6 Å². The van der Waals surface area contributed by atoms with E-state index in [4.69, 9.17) is 5.73 Å². The van der Waals surface area contributed by atoms with Crippen LogP contribution in [-0.2, 0) is 9.84 Å². The molecule has 0 fully saturated rings. The van der Waals surface area contributed by atoms with Crippen LogP contribution in [0.15, 0.2) is 22.5 Å². The Morgan fingerprint density at radius 2 is 2.20 bits per heavy atom. The first-order valence-corrected chi connectivity index (χ1v) is 6.94. The van der Waals surface area contributed by atoms with Crippen molar-refractivity contribution in [3.63, 3.8) is 0 Å². The number of hydrogen-bond donors (Lipinski definition) is 1. The minimum atomic E-state index is -3.26. The molecule has 2 N–H and O–H groups in total. The lowest BCUT2D eigenvalue weighted by Crippen LogP contribution is -2.07. The van der Waals surface area contributed by atoms with Crippen molar-refractivity contribution in [1.29, 1.82) is 0 Å². The number of thiazole rings is 1. The Hall–Kier alpha value is -1.14. The molecule has 0 atom stereocenters. The van der Waals surface area contributed by atoms with Gasteiger partial charge >= 0.3 is 0 Å². The summed E-state index contributed by atoms with van der Waals surface area (Å²) in [6, 6.07) is 3.29. The van der Waals surface area contributed by atoms with Crippen molar-refractivity contribution in [3.05, 3.63) is 17.6 Å². The van der Waals surface area contributed by atoms with Crippen molar-refractivity contribution in [2.75, 3.05) is 11.5 Å². The molecule has 1 aromatic carbocycles. The van der Waals surface area contributed by atoms with E-state index in [0.717, 1.165) is 4.70 Å². The molecule has 2 aromatic rings. The van der Waals surface area contributed by atoms with E-state index < -0.39 is 9.84 Å². The maximum atomic E-state index is 11.7. The fraction of sp³-hybridized carbons (Fsp3) is 0.222. The molecular weight excluding hydrogens is 232 g/mol. The fourth-order valence-electron chi connectivity index (χ4n) is 1.36. The SMILES string of the molecule is CCS(=O)(=O)c1ccc2scnc2c1N. The summed E-state index contributed by atoms with van der Waals surface area (Å²) in [5, 5.41) is 0. The molecule has 15 heavy (non-hydrogen) atoms. The highest BCUT2D eigenvalue weighted by molar-refractivity contribution is 7.91. The zero-order chi connectivity index (χ0) is 11.1. The second kappa shape index (κ2) is 3.46. The largest absolute Gasteiger partial charge is 0.396 e. The Bertz CT molecular complexity index is 602. The van der Waals surface area contributed by atoms with Gasteiger partial charge in [-0.25, -0.2) is 13.4 Å². The van der Waals surface area contributed by atoms with Gasteiger partial charge in [-0.05, 0) is 12.1 Å². The summed E-state index contributed by atoms with van der Waals surface area (Å²) in [5.41, 5.74) is 8.28. The molecule has 0 aliphatic heterocycles. The number of nitrogens with two attached hydrogens (primary N) is 1. The first-order valence-electron chi connectivity index (χ1n) is 4.40. The second-order valence-corrected chi connectivity index (χ2v) is 6.21. The lowest BCUT2D eigenvalue weighted by atomic mass is 10.3. The van der Waals surface area contributed by atoms with Gasteiger partial charge in [-0.1, -0.05) is 6.92 Å². The molecule has 1 aromatic heterocycles. The number of fused-ring (bicyclic) bond motifs is 1. The van der Waals surface area contributed by atoms with E-state index in [0.29, 0.717) is 5.52 Å². The lowest BCUT2D eigenvalue weighted by Gasteiger charge is -2.05. The van der Waals surface area contributed by atoms with Crippen molar-refractivity contribution in [2.24, 2.45) is 0 Å². The van der Waals surface area contributed by atoms with Crippen LogP contribution < -0.4 is 5.73 Å². The molecule has 6 heteroatoms. The van der Waals surface area contributed by atoms with Crippen LogP contribution in [-0.4, -0.2) is 19.2 Å². The summed E-state index contributed by atoms with van der Waals surface area (Å²) < 4.78 is 24.3. The Morgan fingerprint density at radius 3 is 2.87 bits per heavy atom. The Kier molecular flexibility index (Phi) is 2.40. The summed E-state index contributed by atoms with van der Waals surface area (Å²) >= 11 is 1.44. The molecule has 0 aliphatic carbocycles. The molecule has 0 radical (unpaired) electrons. The average molecular weight is 242 g/mol. The van der Waals surface area contributed by atoms with Crippen molar-refractivity contribution in [3.8, 4) is 0 Å². The van der Waals surface area contributed by atoms with Crippen molar-refractivity contribution >= 4 is 37.1 Å². The minimum Gasteiger partial charge on any atom is -0.396 e. The quantitative estimate of drug-likeness (QED) is 0.813. The summed E-state index contributed by atoms with van der Waals surface area (Å²) in [6.07, 6.45) is 0. The van der Waals surface area contributed by atoms with Gasteiger partial charge in [-0.15, -0.1) is 11.3 Å². The molecule has 2 rings (SSSR count). The molecule has 0 spiro atoms. The molecule has 0 amide bonds. The Labute approximate surface area is 91.7 Å². The first-order chi connectivity index (χ1) is 7.06. The zero-order valence-electron chi connectivity index (χ0n) is 8.10. The molecule has 0 aliphatic rings. The third kappa shape index (κ3) is 1.59. The maximum Gasteiger partial charge on any atom is 0.180 e. The second-order valence-electron chi connectivity index (χ2n) is 3.08. The number of benzene rings is 1. The highest BCUT2D eigenvalue weighted by Crippen LogP contribution is 2.29. The molecule has 0 saturated carbocycles. The third-order valence-corrected chi connectivity index (χ3v) is 4.80. The number of rotatable bonds is 2. The Morgan fingerprint density at radius 1 is 1.47 bits per heavy atom. The van der Waals surface area contributed by atoms with E-state index in [1.807, 2.05) is 0 Å². The van der Waals surface area contributed by atoms with Crippen LogP contribution in [0.4, 0.5) is 5.69 Å². The molecule has 80 valence electrons. The van der Waals surface area contributed by atoms with Gasteiger partial charge in [0, 0.05) is 0 Å². The summed E-state index contributed by atoms with van der Waals surface area (Å²) in [5.74, 6) is 0.0485. The highest BCUT2D eigenvalue weighted by atomic mass is 32.2. The predicted octanol–water partition coefficient (Wildman–Crippen LogP) is 1.67.